The third kappa shape index (κ3) is 2.31. The van der Waals surface area contributed by atoms with Gasteiger partial charge in [-0.2, -0.15) is 9.50 Å². The lowest BCUT2D eigenvalue weighted by Gasteiger charge is -2.12. The van der Waals surface area contributed by atoms with Gasteiger partial charge >= 0.3 is 0 Å². The monoisotopic (exact) mass is 287 g/mol. The molecule has 3 rings (SSSR count). The molecule has 0 aliphatic heterocycles. The van der Waals surface area contributed by atoms with E-state index in [4.69, 9.17) is 10.5 Å². The van der Waals surface area contributed by atoms with Gasteiger partial charge in [0, 0.05) is 12.7 Å². The number of halogens is 1. The number of fused-ring (bicyclic) bond motifs is 1. The first-order valence-electron chi connectivity index (χ1n) is 6.36. The lowest BCUT2D eigenvalue weighted by molar-refractivity contribution is 0.182. The lowest BCUT2D eigenvalue weighted by Crippen LogP contribution is -2.08. The lowest BCUT2D eigenvalue weighted by atomic mass is 10.0. The molecule has 0 radical (unpaired) electrons. The van der Waals surface area contributed by atoms with Crippen molar-refractivity contribution in [1.82, 2.24) is 19.6 Å². The van der Waals surface area contributed by atoms with E-state index in [9.17, 15) is 4.39 Å². The highest BCUT2D eigenvalue weighted by Crippen LogP contribution is 2.29. The molecule has 0 spiro atoms. The van der Waals surface area contributed by atoms with Crippen LogP contribution in [-0.2, 0) is 11.3 Å². The zero-order chi connectivity index (χ0) is 15.0. The van der Waals surface area contributed by atoms with Crippen LogP contribution in [0.3, 0.4) is 0 Å². The van der Waals surface area contributed by atoms with Crippen LogP contribution in [0.5, 0.6) is 0 Å². The molecule has 2 heterocycles. The van der Waals surface area contributed by atoms with Crippen molar-refractivity contribution >= 4 is 11.6 Å². The number of hydrogen-bond acceptors (Lipinski definition) is 5. The Balaban J connectivity index is 2.29. The van der Waals surface area contributed by atoms with Gasteiger partial charge < -0.3 is 10.5 Å². The minimum Gasteiger partial charge on any atom is -0.383 e. The number of aryl methyl sites for hydroxylation is 1. The van der Waals surface area contributed by atoms with Crippen LogP contribution < -0.4 is 5.73 Å². The van der Waals surface area contributed by atoms with E-state index >= 15 is 0 Å². The number of methoxy groups -OCH3 is 1. The van der Waals surface area contributed by atoms with Crippen molar-refractivity contribution in [3.05, 3.63) is 41.6 Å². The molecule has 0 saturated carbocycles. The standard InChI is InChI=1S/C14H14FN5O/c1-8-17-14-18-11(7-21-2)12(13(16)20(14)19-8)9-3-5-10(15)6-4-9/h3-6H,7,16H2,1-2H3. The molecule has 108 valence electrons. The van der Waals surface area contributed by atoms with Gasteiger partial charge in [-0.25, -0.2) is 9.37 Å². The molecular formula is C14H14FN5O. The van der Waals surface area contributed by atoms with Crippen LogP contribution in [0.15, 0.2) is 24.3 Å². The van der Waals surface area contributed by atoms with Gasteiger partial charge in [0.05, 0.1) is 12.3 Å². The van der Waals surface area contributed by atoms with Gasteiger partial charge in [-0.15, -0.1) is 5.10 Å². The van der Waals surface area contributed by atoms with Crippen LogP contribution in [0.4, 0.5) is 10.2 Å². The van der Waals surface area contributed by atoms with E-state index in [1.807, 2.05) is 0 Å². The SMILES string of the molecule is COCc1nc2nc(C)nn2c(N)c1-c1ccc(F)cc1. The van der Waals surface area contributed by atoms with E-state index in [1.165, 1.54) is 16.6 Å². The Labute approximate surface area is 120 Å². The minimum absolute atomic E-state index is 0.277. The van der Waals surface area contributed by atoms with Crippen LogP contribution in [0.2, 0.25) is 0 Å². The molecule has 0 fully saturated rings. The van der Waals surface area contributed by atoms with E-state index in [2.05, 4.69) is 15.1 Å². The van der Waals surface area contributed by atoms with Gasteiger partial charge in [-0.3, -0.25) is 0 Å². The minimum atomic E-state index is -0.309. The Morgan fingerprint density at radius 3 is 2.62 bits per heavy atom. The number of nitrogens with zero attached hydrogens (tertiary/aromatic N) is 4. The number of hydrogen-bond donors (Lipinski definition) is 1. The Morgan fingerprint density at radius 2 is 1.95 bits per heavy atom. The van der Waals surface area contributed by atoms with Crippen LogP contribution in [0, 0.1) is 12.7 Å². The van der Waals surface area contributed by atoms with Crippen molar-refractivity contribution in [3.63, 3.8) is 0 Å². The van der Waals surface area contributed by atoms with E-state index in [0.717, 1.165) is 5.56 Å². The summed E-state index contributed by atoms with van der Waals surface area (Å²) in [5.41, 5.74) is 8.27. The van der Waals surface area contributed by atoms with E-state index in [1.54, 1.807) is 26.2 Å². The van der Waals surface area contributed by atoms with Gasteiger partial charge in [0.1, 0.15) is 17.5 Å². The first-order valence-corrected chi connectivity index (χ1v) is 6.36. The summed E-state index contributed by atoms with van der Waals surface area (Å²) in [6, 6.07) is 6.05. The maximum Gasteiger partial charge on any atom is 0.254 e. The van der Waals surface area contributed by atoms with Crippen molar-refractivity contribution in [1.29, 1.82) is 0 Å². The summed E-state index contributed by atoms with van der Waals surface area (Å²) in [7, 11) is 1.57. The normalized spacial score (nSPS) is 11.2. The van der Waals surface area contributed by atoms with Crippen LogP contribution >= 0.6 is 0 Å². The number of aromatic nitrogens is 4. The molecule has 0 aliphatic rings. The summed E-state index contributed by atoms with van der Waals surface area (Å²) in [6.07, 6.45) is 0. The predicted octanol–water partition coefficient (Wildman–Crippen LogP) is 1.97. The number of anilines is 1. The second-order valence-electron chi connectivity index (χ2n) is 4.63. The molecule has 0 unspecified atom stereocenters. The molecule has 2 N–H and O–H groups in total. The molecule has 0 bridgehead atoms. The van der Waals surface area contributed by atoms with E-state index in [0.29, 0.717) is 28.7 Å². The predicted molar refractivity (Wildman–Crippen MR) is 76.0 cm³/mol. The number of nitrogens with two attached hydrogens (primary N) is 1. The van der Waals surface area contributed by atoms with Crippen LogP contribution in [-0.4, -0.2) is 26.7 Å². The fourth-order valence-corrected chi connectivity index (χ4v) is 2.24. The van der Waals surface area contributed by atoms with Crippen molar-refractivity contribution in [3.8, 4) is 11.1 Å². The summed E-state index contributed by atoms with van der Waals surface area (Å²) in [5, 5.41) is 4.22. The zero-order valence-electron chi connectivity index (χ0n) is 11.7. The number of ether oxygens (including phenoxy) is 1. The molecular weight excluding hydrogens is 273 g/mol. The van der Waals surface area contributed by atoms with Crippen molar-refractivity contribution < 1.29 is 9.13 Å². The molecule has 3 aromatic rings. The van der Waals surface area contributed by atoms with Crippen LogP contribution in [0.25, 0.3) is 16.9 Å². The molecule has 0 amide bonds. The highest BCUT2D eigenvalue weighted by Gasteiger charge is 2.17. The summed E-state index contributed by atoms with van der Waals surface area (Å²) >= 11 is 0. The van der Waals surface area contributed by atoms with E-state index < -0.39 is 0 Å². The second kappa shape index (κ2) is 5.10. The first-order chi connectivity index (χ1) is 10.1. The molecule has 0 aliphatic carbocycles. The summed E-state index contributed by atoms with van der Waals surface area (Å²) < 4.78 is 19.8. The first kappa shape index (κ1) is 13.4. The van der Waals surface area contributed by atoms with Gasteiger partial charge in [-0.05, 0) is 24.6 Å². The Bertz CT molecular complexity index is 797. The highest BCUT2D eigenvalue weighted by molar-refractivity contribution is 5.77. The Kier molecular flexibility index (Phi) is 3.26. The average molecular weight is 287 g/mol. The van der Waals surface area contributed by atoms with Crippen molar-refractivity contribution in [2.45, 2.75) is 13.5 Å². The molecule has 1 aromatic carbocycles. The molecule has 2 aromatic heterocycles. The maximum absolute atomic E-state index is 13.1. The molecule has 7 heteroatoms. The fourth-order valence-electron chi connectivity index (χ4n) is 2.24. The largest absolute Gasteiger partial charge is 0.383 e. The summed E-state index contributed by atoms with van der Waals surface area (Å²) in [4.78, 5) is 8.65. The number of rotatable bonds is 3. The molecule has 6 nitrogen and oxygen atoms in total. The Morgan fingerprint density at radius 1 is 1.24 bits per heavy atom. The highest BCUT2D eigenvalue weighted by atomic mass is 19.1. The molecule has 0 saturated heterocycles. The summed E-state index contributed by atoms with van der Waals surface area (Å²) in [5.74, 6) is 1.09. The van der Waals surface area contributed by atoms with Gasteiger partial charge in [0.2, 0.25) is 0 Å². The number of benzene rings is 1. The quantitative estimate of drug-likeness (QED) is 0.796. The van der Waals surface area contributed by atoms with Crippen molar-refractivity contribution in [2.75, 3.05) is 12.8 Å². The maximum atomic E-state index is 13.1. The van der Waals surface area contributed by atoms with E-state index in [-0.39, 0.29) is 12.4 Å². The fraction of sp³-hybridized carbons (Fsp3) is 0.214. The van der Waals surface area contributed by atoms with Gasteiger partial charge in [-0.1, -0.05) is 12.1 Å². The third-order valence-electron chi connectivity index (χ3n) is 3.12. The third-order valence-corrected chi connectivity index (χ3v) is 3.12. The topological polar surface area (TPSA) is 78.3 Å². The zero-order valence-corrected chi connectivity index (χ0v) is 11.7. The molecule has 21 heavy (non-hydrogen) atoms. The molecule has 0 atom stereocenters. The van der Waals surface area contributed by atoms with Gasteiger partial charge in [0.25, 0.3) is 5.78 Å². The number of nitrogen functional groups attached to an aromatic ring is 1. The average Bonchev–Trinajstić information content (AvgIpc) is 2.82. The smallest absolute Gasteiger partial charge is 0.254 e. The summed E-state index contributed by atoms with van der Waals surface area (Å²) in [6.45, 7) is 2.04. The van der Waals surface area contributed by atoms with Crippen molar-refractivity contribution in [2.24, 2.45) is 0 Å². The second-order valence-corrected chi connectivity index (χ2v) is 4.63. The van der Waals surface area contributed by atoms with Crippen LogP contribution in [0.1, 0.15) is 11.5 Å². The Hall–Kier alpha value is -2.54. The van der Waals surface area contributed by atoms with Gasteiger partial charge in [0.15, 0.2) is 0 Å².